The second-order valence-electron chi connectivity index (χ2n) is 6.33. The monoisotopic (exact) mass is 338 g/mol. The fourth-order valence-electron chi connectivity index (χ4n) is 2.47. The van der Waals surface area contributed by atoms with Crippen LogP contribution in [0.5, 0.6) is 0 Å². The first-order chi connectivity index (χ1) is 12.5. The van der Waals surface area contributed by atoms with Gasteiger partial charge in [-0.2, -0.15) is 0 Å². The summed E-state index contributed by atoms with van der Waals surface area (Å²) in [5.41, 5.74) is 5.76. The third kappa shape index (κ3) is 4.21. The summed E-state index contributed by atoms with van der Waals surface area (Å²) < 4.78 is 14.6. The molecule has 3 aromatic rings. The van der Waals surface area contributed by atoms with Gasteiger partial charge in [0.25, 0.3) is 0 Å². The van der Waals surface area contributed by atoms with E-state index in [0.29, 0.717) is 16.7 Å². The third-order valence-electron chi connectivity index (χ3n) is 4.17. The molecule has 0 saturated carbocycles. The van der Waals surface area contributed by atoms with Crippen molar-refractivity contribution >= 4 is 0 Å². The van der Waals surface area contributed by atoms with Crippen LogP contribution in [0.2, 0.25) is 0 Å². The first-order valence-electron chi connectivity index (χ1n) is 8.49. The summed E-state index contributed by atoms with van der Waals surface area (Å²) in [5.74, 6) is 11.8. The molecule has 0 aliphatic heterocycles. The Morgan fingerprint density at radius 3 is 1.46 bits per heavy atom. The summed E-state index contributed by atoms with van der Waals surface area (Å²) in [6.07, 6.45) is 0. The van der Waals surface area contributed by atoms with Crippen LogP contribution in [0.25, 0.3) is 0 Å². The maximum Gasteiger partial charge on any atom is 0.142 e. The molecule has 0 saturated heterocycles. The summed E-state index contributed by atoms with van der Waals surface area (Å²) in [7, 11) is 0. The van der Waals surface area contributed by atoms with Gasteiger partial charge in [0.15, 0.2) is 0 Å². The molecule has 126 valence electrons. The van der Waals surface area contributed by atoms with E-state index in [1.165, 1.54) is 11.1 Å². The van der Waals surface area contributed by atoms with Crippen molar-refractivity contribution in [2.75, 3.05) is 0 Å². The maximum absolute atomic E-state index is 14.6. The Hall–Kier alpha value is -3.29. The minimum absolute atomic E-state index is 0.305. The fraction of sp³-hybridized carbons (Fsp3) is 0.120. The van der Waals surface area contributed by atoms with Gasteiger partial charge in [-0.1, -0.05) is 59.1 Å². The van der Waals surface area contributed by atoms with Crippen LogP contribution in [0, 0.1) is 50.3 Å². The Morgan fingerprint density at radius 2 is 0.962 bits per heavy atom. The molecule has 0 fully saturated rings. The smallest absolute Gasteiger partial charge is 0.142 e. The molecule has 3 rings (SSSR count). The topological polar surface area (TPSA) is 0 Å². The van der Waals surface area contributed by atoms with Crippen molar-refractivity contribution < 1.29 is 4.39 Å². The molecule has 0 radical (unpaired) electrons. The number of hydrogen-bond acceptors (Lipinski definition) is 0. The second kappa shape index (κ2) is 7.73. The van der Waals surface area contributed by atoms with Gasteiger partial charge in [0, 0.05) is 22.3 Å². The molecule has 0 N–H and O–H groups in total. The van der Waals surface area contributed by atoms with Gasteiger partial charge in [-0.15, -0.1) is 0 Å². The van der Waals surface area contributed by atoms with Crippen molar-refractivity contribution in [3.63, 3.8) is 0 Å². The van der Waals surface area contributed by atoms with Gasteiger partial charge in [0.2, 0.25) is 0 Å². The van der Waals surface area contributed by atoms with E-state index in [4.69, 9.17) is 0 Å². The van der Waals surface area contributed by atoms with E-state index in [0.717, 1.165) is 11.1 Å². The Labute approximate surface area is 154 Å². The molecule has 3 aromatic carbocycles. The summed E-state index contributed by atoms with van der Waals surface area (Å²) in [5, 5.41) is 0. The molecule has 0 aliphatic carbocycles. The highest BCUT2D eigenvalue weighted by Gasteiger charge is 2.06. The van der Waals surface area contributed by atoms with Crippen molar-refractivity contribution in [3.05, 3.63) is 105 Å². The normalized spacial score (nSPS) is 9.69. The SMILES string of the molecule is Cc1ccc(C#Cc2ccc(C#Cc3ccc(C)cc3)c(F)c2C)cc1. The van der Waals surface area contributed by atoms with Gasteiger partial charge in [0.1, 0.15) is 5.82 Å². The fourth-order valence-corrected chi connectivity index (χ4v) is 2.47. The minimum atomic E-state index is -0.305. The van der Waals surface area contributed by atoms with E-state index >= 15 is 0 Å². The van der Waals surface area contributed by atoms with Crippen LogP contribution in [0.15, 0.2) is 60.7 Å². The predicted octanol–water partition coefficient (Wildman–Crippen LogP) is 5.55. The Kier molecular flexibility index (Phi) is 5.21. The lowest BCUT2D eigenvalue weighted by molar-refractivity contribution is 0.614. The number of aryl methyl sites for hydroxylation is 2. The molecular weight excluding hydrogens is 319 g/mol. The quantitative estimate of drug-likeness (QED) is 0.471. The molecule has 0 spiro atoms. The van der Waals surface area contributed by atoms with E-state index < -0.39 is 0 Å². The molecule has 0 unspecified atom stereocenters. The number of hydrogen-bond donors (Lipinski definition) is 0. The average Bonchev–Trinajstić information content (AvgIpc) is 2.65. The van der Waals surface area contributed by atoms with Crippen LogP contribution >= 0.6 is 0 Å². The molecule has 0 atom stereocenters. The Morgan fingerprint density at radius 1 is 0.538 bits per heavy atom. The highest BCUT2D eigenvalue weighted by Crippen LogP contribution is 2.16. The number of rotatable bonds is 0. The van der Waals surface area contributed by atoms with Crippen molar-refractivity contribution in [2.45, 2.75) is 20.8 Å². The molecule has 0 aromatic heterocycles. The zero-order valence-electron chi connectivity index (χ0n) is 15.2. The molecule has 0 heterocycles. The molecule has 0 bridgehead atoms. The zero-order valence-corrected chi connectivity index (χ0v) is 15.2. The van der Waals surface area contributed by atoms with Crippen LogP contribution in [0.4, 0.5) is 4.39 Å². The van der Waals surface area contributed by atoms with Gasteiger partial charge < -0.3 is 0 Å². The van der Waals surface area contributed by atoms with Crippen LogP contribution in [-0.2, 0) is 0 Å². The second-order valence-corrected chi connectivity index (χ2v) is 6.33. The van der Waals surface area contributed by atoms with E-state index in [1.54, 1.807) is 13.0 Å². The maximum atomic E-state index is 14.6. The highest BCUT2D eigenvalue weighted by molar-refractivity contribution is 5.52. The summed E-state index contributed by atoms with van der Waals surface area (Å²) in [4.78, 5) is 0. The lowest BCUT2D eigenvalue weighted by atomic mass is 10.0. The van der Waals surface area contributed by atoms with Gasteiger partial charge in [-0.25, -0.2) is 4.39 Å². The van der Waals surface area contributed by atoms with Crippen LogP contribution in [0.3, 0.4) is 0 Å². The average molecular weight is 338 g/mol. The van der Waals surface area contributed by atoms with Gasteiger partial charge in [0.05, 0.1) is 5.56 Å². The highest BCUT2D eigenvalue weighted by atomic mass is 19.1. The van der Waals surface area contributed by atoms with E-state index in [9.17, 15) is 4.39 Å². The first-order valence-corrected chi connectivity index (χ1v) is 8.49. The molecule has 0 amide bonds. The van der Waals surface area contributed by atoms with E-state index in [-0.39, 0.29) is 5.82 Å². The van der Waals surface area contributed by atoms with Crippen LogP contribution in [0.1, 0.15) is 38.9 Å². The van der Waals surface area contributed by atoms with Crippen molar-refractivity contribution in [1.82, 2.24) is 0 Å². The molecule has 0 nitrogen and oxygen atoms in total. The lowest BCUT2D eigenvalue weighted by Gasteiger charge is -2.02. The Bertz CT molecular complexity index is 959. The van der Waals surface area contributed by atoms with E-state index in [1.807, 2.05) is 68.4 Å². The van der Waals surface area contributed by atoms with Crippen LogP contribution in [-0.4, -0.2) is 0 Å². The van der Waals surface area contributed by atoms with Crippen LogP contribution < -0.4 is 0 Å². The predicted molar refractivity (Wildman–Crippen MR) is 105 cm³/mol. The molecule has 1 heteroatoms. The van der Waals surface area contributed by atoms with Gasteiger partial charge in [-0.05, 0) is 57.2 Å². The van der Waals surface area contributed by atoms with Crippen molar-refractivity contribution in [3.8, 4) is 23.7 Å². The summed E-state index contributed by atoms with van der Waals surface area (Å²) in [6, 6.07) is 19.4. The zero-order chi connectivity index (χ0) is 18.5. The van der Waals surface area contributed by atoms with Crippen molar-refractivity contribution in [1.29, 1.82) is 0 Å². The largest absolute Gasteiger partial charge is 0.205 e. The molecular formula is C25H19F. The van der Waals surface area contributed by atoms with E-state index in [2.05, 4.69) is 23.7 Å². The molecule has 0 aliphatic rings. The minimum Gasteiger partial charge on any atom is -0.205 e. The number of benzene rings is 3. The van der Waals surface area contributed by atoms with Crippen molar-refractivity contribution in [2.24, 2.45) is 0 Å². The number of halogens is 1. The Balaban J connectivity index is 1.87. The first kappa shape index (κ1) is 17.5. The summed E-state index contributed by atoms with van der Waals surface area (Å²) >= 11 is 0. The molecule has 26 heavy (non-hydrogen) atoms. The van der Waals surface area contributed by atoms with Gasteiger partial charge >= 0.3 is 0 Å². The lowest BCUT2D eigenvalue weighted by Crippen LogP contribution is -1.93. The van der Waals surface area contributed by atoms with Gasteiger partial charge in [-0.3, -0.25) is 0 Å². The standard InChI is InChI=1S/C25H19F/c1-18-4-8-21(9-5-18)12-14-23-16-17-24(25(26)20(23)3)15-13-22-10-6-19(2)7-11-22/h4-11,16-17H,1-3H3. The third-order valence-corrected chi connectivity index (χ3v) is 4.17. The summed E-state index contributed by atoms with van der Waals surface area (Å²) in [6.45, 7) is 5.80.